The third-order valence-corrected chi connectivity index (χ3v) is 5.27. The lowest BCUT2D eigenvalue weighted by Gasteiger charge is -2.01. The highest BCUT2D eigenvalue weighted by Gasteiger charge is 2.05. The molecule has 0 aliphatic heterocycles. The molecule has 0 N–H and O–H groups in total. The standard InChI is InChI=1S/C10H7N3S.C10H10O2S.C5H7NO2.CH4/c11-7-6-9-12-13-10(14-9)8-4-2-1-3-5-8;11-8-12-7-6-10(13)9-4-2-1-3-5-9;1-2-8-5(7)3-4-6;/h1-5H,6H2;1-5,8H,6-7H2;2-3H2,1H3;1H4. The van der Waals surface area contributed by atoms with E-state index >= 15 is 0 Å². The highest BCUT2D eigenvalue weighted by atomic mass is 32.1. The van der Waals surface area contributed by atoms with Crippen molar-refractivity contribution in [2.75, 3.05) is 13.2 Å². The first-order valence-corrected chi connectivity index (χ1v) is 11.7. The number of hydrogen-bond acceptors (Lipinski definition) is 10. The molecule has 0 amide bonds. The third-order valence-electron chi connectivity index (χ3n) is 3.86. The average Bonchev–Trinajstić information content (AvgIpc) is 3.35. The molecule has 1 aromatic heterocycles. The monoisotopic (exact) mass is 524 g/mol. The van der Waals surface area contributed by atoms with E-state index in [0.717, 1.165) is 26.0 Å². The Morgan fingerprint density at radius 1 is 1.06 bits per heavy atom. The van der Waals surface area contributed by atoms with Gasteiger partial charge in [-0.2, -0.15) is 10.5 Å². The molecule has 0 unspecified atom stereocenters. The number of carbonyl (C=O) groups is 2. The molecule has 0 atom stereocenters. The first kappa shape index (κ1) is 32.0. The van der Waals surface area contributed by atoms with E-state index in [0.29, 0.717) is 32.5 Å². The van der Waals surface area contributed by atoms with Crippen LogP contribution in [0.15, 0.2) is 60.7 Å². The van der Waals surface area contributed by atoms with Gasteiger partial charge in [0.05, 0.1) is 31.8 Å². The lowest BCUT2D eigenvalue weighted by Crippen LogP contribution is -2.02. The van der Waals surface area contributed by atoms with E-state index in [2.05, 4.69) is 25.7 Å². The van der Waals surface area contributed by atoms with Crippen molar-refractivity contribution in [1.82, 2.24) is 10.2 Å². The molecule has 10 heteroatoms. The van der Waals surface area contributed by atoms with E-state index in [1.807, 2.05) is 60.7 Å². The molecular formula is C26H28N4O4S2. The first-order chi connectivity index (χ1) is 17.0. The molecule has 0 saturated heterocycles. The number of aromatic nitrogens is 2. The number of thiocarbonyl (C=S) groups is 1. The maximum atomic E-state index is 10.2. The predicted octanol–water partition coefficient (Wildman–Crippen LogP) is 5.34. The summed E-state index contributed by atoms with van der Waals surface area (Å²) in [6, 6.07) is 23.3. The number of esters is 1. The van der Waals surface area contributed by atoms with Crippen molar-refractivity contribution in [2.45, 2.75) is 33.6 Å². The molecule has 0 radical (unpaired) electrons. The van der Waals surface area contributed by atoms with Gasteiger partial charge in [0, 0.05) is 16.8 Å². The summed E-state index contributed by atoms with van der Waals surface area (Å²) in [6.45, 7) is 2.85. The number of benzene rings is 2. The highest BCUT2D eigenvalue weighted by molar-refractivity contribution is 7.80. The molecular weight excluding hydrogens is 496 g/mol. The molecule has 1 heterocycles. The van der Waals surface area contributed by atoms with Crippen molar-refractivity contribution in [2.24, 2.45) is 0 Å². The van der Waals surface area contributed by atoms with Crippen LogP contribution in [0.4, 0.5) is 0 Å². The van der Waals surface area contributed by atoms with Crippen molar-refractivity contribution in [3.05, 3.63) is 71.2 Å². The smallest absolute Gasteiger partial charge is 0.320 e. The SMILES string of the molecule is C.CCOC(=O)CC#N.N#CCc1nnc(-c2ccccc2)s1.O=COCCC(=S)c1ccccc1. The van der Waals surface area contributed by atoms with Crippen LogP contribution < -0.4 is 0 Å². The lowest BCUT2D eigenvalue weighted by molar-refractivity contribution is -0.141. The summed E-state index contributed by atoms with van der Waals surface area (Å²) < 4.78 is 8.98. The highest BCUT2D eigenvalue weighted by Crippen LogP contribution is 2.22. The van der Waals surface area contributed by atoms with Crippen LogP contribution in [0.2, 0.25) is 0 Å². The van der Waals surface area contributed by atoms with E-state index in [-0.39, 0.29) is 13.8 Å². The fraction of sp³-hybridized carbons (Fsp3) is 0.269. The summed E-state index contributed by atoms with van der Waals surface area (Å²) in [5.41, 5.74) is 2.07. The Morgan fingerprint density at radius 3 is 2.25 bits per heavy atom. The third kappa shape index (κ3) is 13.7. The topological polar surface area (TPSA) is 126 Å². The Bertz CT molecular complexity index is 1120. The summed E-state index contributed by atoms with van der Waals surface area (Å²) in [7, 11) is 0. The maximum absolute atomic E-state index is 10.2. The van der Waals surface area contributed by atoms with Gasteiger partial charge in [0.25, 0.3) is 6.47 Å². The van der Waals surface area contributed by atoms with Crippen LogP contribution in [0, 0.1) is 22.7 Å². The van der Waals surface area contributed by atoms with Crippen molar-refractivity contribution in [3.8, 4) is 22.7 Å². The van der Waals surface area contributed by atoms with Crippen LogP contribution >= 0.6 is 23.6 Å². The van der Waals surface area contributed by atoms with E-state index in [4.69, 9.17) is 22.7 Å². The van der Waals surface area contributed by atoms with E-state index < -0.39 is 5.97 Å². The lowest BCUT2D eigenvalue weighted by atomic mass is 10.1. The summed E-state index contributed by atoms with van der Waals surface area (Å²) in [6.07, 6.45) is 0.802. The zero-order chi connectivity index (χ0) is 25.7. The molecule has 8 nitrogen and oxygen atoms in total. The van der Waals surface area contributed by atoms with E-state index in [1.54, 1.807) is 13.0 Å². The van der Waals surface area contributed by atoms with Gasteiger partial charge in [0.2, 0.25) is 0 Å². The van der Waals surface area contributed by atoms with Crippen molar-refractivity contribution >= 4 is 40.9 Å². The van der Waals surface area contributed by atoms with Crippen LogP contribution in [0.3, 0.4) is 0 Å². The normalized spacial score (nSPS) is 8.75. The summed E-state index contributed by atoms with van der Waals surface area (Å²) in [5, 5.41) is 26.0. The van der Waals surface area contributed by atoms with Gasteiger partial charge in [-0.25, -0.2) is 0 Å². The van der Waals surface area contributed by atoms with Gasteiger partial charge < -0.3 is 9.47 Å². The molecule has 0 fully saturated rings. The van der Waals surface area contributed by atoms with Crippen molar-refractivity contribution in [1.29, 1.82) is 10.5 Å². The van der Waals surface area contributed by atoms with Gasteiger partial charge in [0.1, 0.15) is 16.4 Å². The molecule has 0 spiro atoms. The predicted molar refractivity (Wildman–Crippen MR) is 143 cm³/mol. The Kier molecular flexibility index (Phi) is 18.1. The molecule has 3 aromatic rings. The minimum absolute atomic E-state index is 0. The Labute approximate surface area is 221 Å². The zero-order valence-electron chi connectivity index (χ0n) is 19.1. The second-order valence-electron chi connectivity index (χ2n) is 6.35. The largest absolute Gasteiger partial charge is 0.468 e. The van der Waals surface area contributed by atoms with Gasteiger partial charge in [-0.1, -0.05) is 91.6 Å². The second-order valence-corrected chi connectivity index (χ2v) is 7.90. The number of nitrogens with zero attached hydrogens (tertiary/aromatic N) is 4. The average molecular weight is 525 g/mol. The van der Waals surface area contributed by atoms with E-state index in [1.165, 1.54) is 11.3 Å². The van der Waals surface area contributed by atoms with Crippen molar-refractivity contribution in [3.63, 3.8) is 0 Å². The Hall–Kier alpha value is -3.99. The number of rotatable bonds is 9. The summed E-state index contributed by atoms with van der Waals surface area (Å²) in [5.74, 6) is -0.449. The molecule has 36 heavy (non-hydrogen) atoms. The number of hydrogen-bond donors (Lipinski definition) is 0. The van der Waals surface area contributed by atoms with Crippen LogP contribution in [-0.4, -0.2) is 40.7 Å². The van der Waals surface area contributed by atoms with Gasteiger partial charge in [0.15, 0.2) is 0 Å². The molecule has 0 aliphatic carbocycles. The summed E-state index contributed by atoms with van der Waals surface area (Å²) >= 11 is 6.60. The van der Waals surface area contributed by atoms with Gasteiger partial charge in [-0.3, -0.25) is 9.59 Å². The molecule has 0 bridgehead atoms. The first-order valence-electron chi connectivity index (χ1n) is 10.5. The number of nitriles is 2. The molecule has 0 aliphatic rings. The van der Waals surface area contributed by atoms with Crippen LogP contribution in [0.5, 0.6) is 0 Å². The van der Waals surface area contributed by atoms with Crippen molar-refractivity contribution < 1.29 is 19.1 Å². The minimum Gasteiger partial charge on any atom is -0.468 e. The van der Waals surface area contributed by atoms with Crippen LogP contribution in [0.1, 0.15) is 37.8 Å². The van der Waals surface area contributed by atoms with Gasteiger partial charge in [-0.05, 0) is 12.5 Å². The minimum atomic E-state index is -0.449. The Morgan fingerprint density at radius 2 is 1.69 bits per heavy atom. The second kappa shape index (κ2) is 20.4. The number of carbonyl (C=O) groups excluding carboxylic acids is 2. The summed E-state index contributed by atoms with van der Waals surface area (Å²) in [4.78, 5) is 20.9. The van der Waals surface area contributed by atoms with Crippen LogP contribution in [-0.2, 0) is 25.5 Å². The number of ether oxygens (including phenoxy) is 2. The molecule has 188 valence electrons. The zero-order valence-corrected chi connectivity index (χ0v) is 20.8. The van der Waals surface area contributed by atoms with Gasteiger partial charge in [-0.15, -0.1) is 10.2 Å². The fourth-order valence-electron chi connectivity index (χ4n) is 2.33. The molecule has 3 rings (SSSR count). The molecule has 0 saturated carbocycles. The fourth-order valence-corrected chi connectivity index (χ4v) is 3.33. The van der Waals surface area contributed by atoms with E-state index in [9.17, 15) is 9.59 Å². The maximum Gasteiger partial charge on any atom is 0.320 e. The van der Waals surface area contributed by atoms with Crippen LogP contribution in [0.25, 0.3) is 10.6 Å². The molecule has 2 aromatic carbocycles. The Balaban J connectivity index is 0.000000524. The quantitative estimate of drug-likeness (QED) is 0.120. The van der Waals surface area contributed by atoms with Gasteiger partial charge >= 0.3 is 5.97 Å².